The third-order valence-electron chi connectivity index (χ3n) is 5.15. The molecule has 1 saturated heterocycles. The van der Waals surface area contributed by atoms with Gasteiger partial charge in [-0.3, -0.25) is 14.4 Å². The third-order valence-corrected chi connectivity index (χ3v) is 5.15. The summed E-state index contributed by atoms with van der Waals surface area (Å²) in [5.74, 6) is -1.49. The standard InChI is InChI=1S/C20H23N3O4/c1-3-17-21-12(2)14(19(25)22-17)9-18(24)23-10-15(16(11-23)20(26)27)13-7-5-4-6-8-13/h4-8,15-16H,3,9-11H2,1-2H3,(H,26,27)(H,21,22,25)/t15-,16+/m1/s1. The molecule has 2 atom stereocenters. The highest BCUT2D eigenvalue weighted by atomic mass is 16.4. The minimum atomic E-state index is -0.915. The first-order valence-electron chi connectivity index (χ1n) is 9.04. The summed E-state index contributed by atoms with van der Waals surface area (Å²) in [5.41, 5.74) is 1.48. The molecule has 0 aliphatic carbocycles. The number of carbonyl (C=O) groups is 2. The maximum absolute atomic E-state index is 12.8. The Morgan fingerprint density at radius 2 is 1.96 bits per heavy atom. The van der Waals surface area contributed by atoms with Gasteiger partial charge in [-0.05, 0) is 12.5 Å². The third kappa shape index (κ3) is 3.92. The molecule has 1 aliphatic heterocycles. The molecule has 0 saturated carbocycles. The second kappa shape index (κ2) is 7.73. The van der Waals surface area contributed by atoms with Crippen LogP contribution in [0.4, 0.5) is 0 Å². The Morgan fingerprint density at radius 1 is 1.26 bits per heavy atom. The van der Waals surface area contributed by atoms with Crippen molar-refractivity contribution < 1.29 is 14.7 Å². The zero-order chi connectivity index (χ0) is 19.6. The molecule has 142 valence electrons. The maximum atomic E-state index is 12.8. The summed E-state index contributed by atoms with van der Waals surface area (Å²) in [6, 6.07) is 9.37. The molecule has 2 N–H and O–H groups in total. The second-order valence-electron chi connectivity index (χ2n) is 6.87. The number of carbonyl (C=O) groups excluding carboxylic acids is 1. The molecule has 7 nitrogen and oxygen atoms in total. The molecule has 1 fully saturated rings. The van der Waals surface area contributed by atoms with Crippen molar-refractivity contribution in [3.05, 3.63) is 63.3 Å². The number of nitrogens with zero attached hydrogens (tertiary/aromatic N) is 2. The van der Waals surface area contributed by atoms with E-state index in [0.29, 0.717) is 30.0 Å². The smallest absolute Gasteiger partial charge is 0.308 e. The number of hydrogen-bond donors (Lipinski definition) is 2. The largest absolute Gasteiger partial charge is 0.481 e. The van der Waals surface area contributed by atoms with E-state index in [0.717, 1.165) is 5.56 Å². The molecule has 1 amide bonds. The van der Waals surface area contributed by atoms with Gasteiger partial charge in [0.1, 0.15) is 5.82 Å². The Morgan fingerprint density at radius 3 is 2.56 bits per heavy atom. The molecule has 1 aromatic heterocycles. The van der Waals surface area contributed by atoms with Crippen LogP contribution in [0.2, 0.25) is 0 Å². The van der Waals surface area contributed by atoms with E-state index in [1.165, 1.54) is 0 Å². The highest BCUT2D eigenvalue weighted by Gasteiger charge is 2.40. The Hall–Kier alpha value is -2.96. The van der Waals surface area contributed by atoms with E-state index in [-0.39, 0.29) is 30.3 Å². The number of rotatable bonds is 5. The lowest BCUT2D eigenvalue weighted by Gasteiger charge is -2.17. The van der Waals surface area contributed by atoms with Crippen molar-refractivity contribution in [1.29, 1.82) is 0 Å². The highest BCUT2D eigenvalue weighted by molar-refractivity contribution is 5.81. The number of aliphatic carboxylic acids is 1. The normalized spacial score (nSPS) is 19.3. The summed E-state index contributed by atoms with van der Waals surface area (Å²) in [6.07, 6.45) is 0.529. The van der Waals surface area contributed by atoms with Crippen LogP contribution >= 0.6 is 0 Å². The van der Waals surface area contributed by atoms with E-state index in [1.54, 1.807) is 11.8 Å². The number of benzene rings is 1. The van der Waals surface area contributed by atoms with Gasteiger partial charge in [-0.1, -0.05) is 37.3 Å². The molecule has 2 aromatic rings. The van der Waals surface area contributed by atoms with Crippen LogP contribution in [0.25, 0.3) is 0 Å². The molecule has 0 radical (unpaired) electrons. The van der Waals surface area contributed by atoms with Crippen molar-refractivity contribution in [2.75, 3.05) is 13.1 Å². The van der Waals surface area contributed by atoms with Gasteiger partial charge in [-0.2, -0.15) is 0 Å². The first-order valence-corrected chi connectivity index (χ1v) is 9.04. The fraction of sp³-hybridized carbons (Fsp3) is 0.400. The maximum Gasteiger partial charge on any atom is 0.308 e. The lowest BCUT2D eigenvalue weighted by molar-refractivity contribution is -0.141. The summed E-state index contributed by atoms with van der Waals surface area (Å²) >= 11 is 0. The number of H-pyrrole nitrogens is 1. The van der Waals surface area contributed by atoms with Crippen LogP contribution < -0.4 is 5.56 Å². The zero-order valence-electron chi connectivity index (χ0n) is 15.4. The highest BCUT2D eigenvalue weighted by Crippen LogP contribution is 2.33. The number of hydrogen-bond acceptors (Lipinski definition) is 4. The number of aryl methyl sites for hydroxylation is 2. The number of aromatic nitrogens is 2. The van der Waals surface area contributed by atoms with Crippen LogP contribution in [0.5, 0.6) is 0 Å². The molecule has 2 heterocycles. The number of likely N-dealkylation sites (tertiary alicyclic amines) is 1. The molecule has 1 aromatic carbocycles. The fourth-order valence-electron chi connectivity index (χ4n) is 3.60. The fourth-order valence-corrected chi connectivity index (χ4v) is 3.60. The average Bonchev–Trinajstić information content (AvgIpc) is 3.11. The number of carboxylic acid groups (broad SMARTS) is 1. The molecule has 1 aliphatic rings. The summed E-state index contributed by atoms with van der Waals surface area (Å²) in [4.78, 5) is 45.3. The van der Waals surface area contributed by atoms with Crippen LogP contribution in [-0.4, -0.2) is 44.9 Å². The van der Waals surface area contributed by atoms with E-state index in [2.05, 4.69) is 9.97 Å². The molecular weight excluding hydrogens is 346 g/mol. The van der Waals surface area contributed by atoms with Crippen molar-refractivity contribution in [1.82, 2.24) is 14.9 Å². The van der Waals surface area contributed by atoms with Gasteiger partial charge < -0.3 is 15.0 Å². The molecular formula is C20H23N3O4. The summed E-state index contributed by atoms with van der Waals surface area (Å²) in [5, 5.41) is 9.58. The quantitative estimate of drug-likeness (QED) is 0.831. The molecule has 3 rings (SSSR count). The summed E-state index contributed by atoms with van der Waals surface area (Å²) < 4.78 is 0. The Labute approximate surface area is 157 Å². The van der Waals surface area contributed by atoms with E-state index >= 15 is 0 Å². The number of nitrogens with one attached hydrogen (secondary N) is 1. The number of aromatic amines is 1. The Kier molecular flexibility index (Phi) is 5.39. The van der Waals surface area contributed by atoms with Crippen LogP contribution in [-0.2, 0) is 22.4 Å². The van der Waals surface area contributed by atoms with Gasteiger partial charge in [0.15, 0.2) is 0 Å². The molecule has 0 spiro atoms. The molecule has 27 heavy (non-hydrogen) atoms. The van der Waals surface area contributed by atoms with Crippen molar-refractivity contribution in [2.24, 2.45) is 5.92 Å². The van der Waals surface area contributed by atoms with Crippen LogP contribution in [0.3, 0.4) is 0 Å². The monoisotopic (exact) mass is 369 g/mol. The van der Waals surface area contributed by atoms with Gasteiger partial charge in [0.25, 0.3) is 5.56 Å². The molecule has 0 bridgehead atoms. The van der Waals surface area contributed by atoms with Crippen molar-refractivity contribution >= 4 is 11.9 Å². The van der Waals surface area contributed by atoms with Crippen LogP contribution in [0.15, 0.2) is 35.1 Å². The van der Waals surface area contributed by atoms with Gasteiger partial charge >= 0.3 is 5.97 Å². The van der Waals surface area contributed by atoms with E-state index < -0.39 is 11.9 Å². The summed E-state index contributed by atoms with van der Waals surface area (Å²) in [7, 11) is 0. The van der Waals surface area contributed by atoms with Gasteiger partial charge in [0.2, 0.25) is 5.91 Å². The average molecular weight is 369 g/mol. The van der Waals surface area contributed by atoms with Gasteiger partial charge in [0, 0.05) is 36.7 Å². The number of amides is 1. The Bertz CT molecular complexity index is 907. The summed E-state index contributed by atoms with van der Waals surface area (Å²) in [6.45, 7) is 4.08. The van der Waals surface area contributed by atoms with E-state index in [4.69, 9.17) is 0 Å². The SMILES string of the molecule is CCc1nc(C)c(CC(=O)N2C[C@H](C(=O)O)[C@@H](c3ccccc3)C2)c(=O)[nH]1. The first kappa shape index (κ1) is 18.8. The lowest BCUT2D eigenvalue weighted by atomic mass is 9.89. The topological polar surface area (TPSA) is 103 Å². The first-order chi connectivity index (χ1) is 12.9. The number of carboxylic acids is 1. The van der Waals surface area contributed by atoms with Gasteiger partial charge in [-0.25, -0.2) is 4.98 Å². The minimum Gasteiger partial charge on any atom is -0.481 e. The predicted molar refractivity (Wildman–Crippen MR) is 99.6 cm³/mol. The van der Waals surface area contributed by atoms with Gasteiger partial charge in [-0.15, -0.1) is 0 Å². The van der Waals surface area contributed by atoms with E-state index in [9.17, 15) is 19.5 Å². The second-order valence-corrected chi connectivity index (χ2v) is 6.87. The van der Waals surface area contributed by atoms with Gasteiger partial charge in [0.05, 0.1) is 12.3 Å². The van der Waals surface area contributed by atoms with E-state index in [1.807, 2.05) is 37.3 Å². The van der Waals surface area contributed by atoms with Crippen molar-refractivity contribution in [3.63, 3.8) is 0 Å². The molecule has 7 heteroatoms. The van der Waals surface area contributed by atoms with Crippen molar-refractivity contribution in [2.45, 2.75) is 32.6 Å². The van der Waals surface area contributed by atoms with Crippen LogP contribution in [0, 0.1) is 12.8 Å². The predicted octanol–water partition coefficient (Wildman–Crippen LogP) is 1.51. The Balaban J connectivity index is 1.80. The lowest BCUT2D eigenvalue weighted by Crippen LogP contribution is -2.33. The minimum absolute atomic E-state index is 0.0774. The molecule has 0 unspecified atom stereocenters. The zero-order valence-corrected chi connectivity index (χ0v) is 15.4. The van der Waals surface area contributed by atoms with Crippen molar-refractivity contribution in [3.8, 4) is 0 Å². The van der Waals surface area contributed by atoms with Crippen LogP contribution in [0.1, 0.15) is 35.5 Å².